The number of benzene rings is 1. The zero-order valence-corrected chi connectivity index (χ0v) is 20.6. The molecular formula is C22H31Cl2N7O. The standard InChI is InChI=1S/C22H29N7O.2ClH/c1-21(2)11-16(12-22(3,4)27-21)28(5)20-14-23-18(13-24-20)17-7-6-15(10-19(17)30)29-25-8-9-26-29;;/h6-10,13-14,16,27,30H,11-12H2,1-5H3;2*1H. The second-order valence-electron chi connectivity index (χ2n) is 9.35. The summed E-state index contributed by atoms with van der Waals surface area (Å²) in [4.78, 5) is 12.9. The van der Waals surface area contributed by atoms with Crippen molar-refractivity contribution in [3.8, 4) is 22.7 Å². The van der Waals surface area contributed by atoms with E-state index in [0.29, 0.717) is 23.0 Å². The van der Waals surface area contributed by atoms with E-state index in [4.69, 9.17) is 0 Å². The van der Waals surface area contributed by atoms with Crippen molar-refractivity contribution in [3.63, 3.8) is 0 Å². The van der Waals surface area contributed by atoms with E-state index in [1.165, 1.54) is 4.80 Å². The molecule has 0 amide bonds. The lowest BCUT2D eigenvalue weighted by atomic mass is 9.79. The van der Waals surface area contributed by atoms with Crippen LogP contribution in [-0.4, -0.2) is 54.2 Å². The summed E-state index contributed by atoms with van der Waals surface area (Å²) >= 11 is 0. The van der Waals surface area contributed by atoms with Gasteiger partial charge in [0.1, 0.15) is 11.6 Å². The molecule has 1 aromatic carbocycles. The number of aromatic hydroxyl groups is 1. The van der Waals surface area contributed by atoms with Crippen LogP contribution in [0.1, 0.15) is 40.5 Å². The molecule has 0 unspecified atom stereocenters. The minimum absolute atomic E-state index is 0. The Morgan fingerprint density at radius 1 is 1.00 bits per heavy atom. The summed E-state index contributed by atoms with van der Waals surface area (Å²) < 4.78 is 0. The number of halogens is 2. The maximum absolute atomic E-state index is 10.5. The Morgan fingerprint density at radius 2 is 1.62 bits per heavy atom. The first-order chi connectivity index (χ1) is 14.1. The van der Waals surface area contributed by atoms with E-state index < -0.39 is 0 Å². The van der Waals surface area contributed by atoms with E-state index in [2.05, 4.69) is 65.1 Å². The van der Waals surface area contributed by atoms with Gasteiger partial charge < -0.3 is 15.3 Å². The van der Waals surface area contributed by atoms with Gasteiger partial charge in [0.05, 0.1) is 36.2 Å². The molecule has 0 bridgehead atoms. The molecular weight excluding hydrogens is 449 g/mol. The third-order valence-corrected chi connectivity index (χ3v) is 5.62. The first kappa shape index (κ1) is 25.8. The largest absolute Gasteiger partial charge is 0.507 e. The van der Waals surface area contributed by atoms with Crippen molar-refractivity contribution in [2.45, 2.75) is 57.7 Å². The van der Waals surface area contributed by atoms with E-state index in [9.17, 15) is 5.11 Å². The summed E-state index contributed by atoms with van der Waals surface area (Å²) in [5, 5.41) is 22.4. The Bertz CT molecular complexity index is 1010. The predicted molar refractivity (Wildman–Crippen MR) is 131 cm³/mol. The Hall–Kier alpha value is -2.42. The molecule has 0 atom stereocenters. The van der Waals surface area contributed by atoms with E-state index in [1.54, 1.807) is 36.9 Å². The average molecular weight is 480 g/mol. The lowest BCUT2D eigenvalue weighted by Gasteiger charge is -2.49. The first-order valence-corrected chi connectivity index (χ1v) is 10.2. The van der Waals surface area contributed by atoms with E-state index in [-0.39, 0.29) is 41.6 Å². The highest BCUT2D eigenvalue weighted by Crippen LogP contribution is 2.33. The van der Waals surface area contributed by atoms with Crippen molar-refractivity contribution in [1.82, 2.24) is 30.3 Å². The van der Waals surface area contributed by atoms with Crippen LogP contribution in [0.3, 0.4) is 0 Å². The van der Waals surface area contributed by atoms with Crippen LogP contribution in [0, 0.1) is 0 Å². The van der Waals surface area contributed by atoms with E-state index in [1.807, 2.05) is 6.07 Å². The van der Waals surface area contributed by atoms with Crippen LogP contribution in [0.4, 0.5) is 5.82 Å². The fraction of sp³-hybridized carbons (Fsp3) is 0.455. The van der Waals surface area contributed by atoms with Gasteiger partial charge in [-0.1, -0.05) is 0 Å². The molecule has 174 valence electrons. The molecule has 0 spiro atoms. The van der Waals surface area contributed by atoms with Gasteiger partial charge in [-0.15, -0.1) is 24.8 Å². The maximum atomic E-state index is 10.5. The molecule has 3 heterocycles. The molecule has 32 heavy (non-hydrogen) atoms. The zero-order valence-electron chi connectivity index (χ0n) is 19.0. The van der Waals surface area contributed by atoms with Gasteiger partial charge in [0, 0.05) is 35.8 Å². The fourth-order valence-corrected chi connectivity index (χ4v) is 4.58. The number of phenols is 1. The number of anilines is 1. The zero-order chi connectivity index (χ0) is 21.5. The first-order valence-electron chi connectivity index (χ1n) is 10.2. The number of phenolic OH excluding ortho intramolecular Hbond substituents is 1. The van der Waals surface area contributed by atoms with E-state index >= 15 is 0 Å². The summed E-state index contributed by atoms with van der Waals surface area (Å²) in [6, 6.07) is 5.64. The SMILES string of the molecule is CN(c1cnc(-c2ccc(-n3nccn3)cc2O)cn1)C1CC(C)(C)NC(C)(C)C1.Cl.Cl. The Labute approximate surface area is 201 Å². The molecule has 10 heteroatoms. The second kappa shape index (κ2) is 9.60. The minimum atomic E-state index is 0. The van der Waals surface area contributed by atoms with Crippen molar-refractivity contribution < 1.29 is 5.11 Å². The number of nitrogens with zero attached hydrogens (tertiary/aromatic N) is 6. The number of aromatic nitrogens is 5. The molecule has 2 aromatic heterocycles. The van der Waals surface area contributed by atoms with Gasteiger partial charge in [-0.05, 0) is 52.7 Å². The molecule has 3 aromatic rings. The minimum Gasteiger partial charge on any atom is -0.507 e. The molecule has 8 nitrogen and oxygen atoms in total. The van der Waals surface area contributed by atoms with Crippen LogP contribution in [0.25, 0.3) is 16.9 Å². The Morgan fingerprint density at radius 3 is 2.16 bits per heavy atom. The molecule has 0 radical (unpaired) electrons. The van der Waals surface area contributed by atoms with Gasteiger partial charge in [0.15, 0.2) is 0 Å². The average Bonchev–Trinajstić information content (AvgIpc) is 3.20. The highest BCUT2D eigenvalue weighted by atomic mass is 35.5. The number of nitrogens with one attached hydrogen (secondary N) is 1. The second-order valence-corrected chi connectivity index (χ2v) is 9.35. The van der Waals surface area contributed by atoms with E-state index in [0.717, 1.165) is 18.7 Å². The van der Waals surface area contributed by atoms with Crippen LogP contribution < -0.4 is 10.2 Å². The summed E-state index contributed by atoms with van der Waals surface area (Å²) in [5.41, 5.74) is 2.05. The Balaban J connectivity index is 0.00000181. The van der Waals surface area contributed by atoms with Gasteiger partial charge in [-0.2, -0.15) is 15.0 Å². The number of rotatable bonds is 4. The van der Waals surface area contributed by atoms with Crippen molar-refractivity contribution in [3.05, 3.63) is 43.0 Å². The highest BCUT2D eigenvalue weighted by molar-refractivity contribution is 5.85. The fourth-order valence-electron chi connectivity index (χ4n) is 4.58. The quantitative estimate of drug-likeness (QED) is 0.583. The summed E-state index contributed by atoms with van der Waals surface area (Å²) in [6.45, 7) is 8.98. The monoisotopic (exact) mass is 479 g/mol. The van der Waals surface area contributed by atoms with Crippen molar-refractivity contribution in [2.75, 3.05) is 11.9 Å². The normalized spacial score (nSPS) is 17.2. The highest BCUT2D eigenvalue weighted by Gasteiger charge is 2.39. The van der Waals surface area contributed by atoms with Crippen molar-refractivity contribution in [1.29, 1.82) is 0 Å². The van der Waals surface area contributed by atoms with Gasteiger partial charge in [-0.25, -0.2) is 4.98 Å². The Kier molecular flexibility index (Phi) is 7.75. The van der Waals surface area contributed by atoms with Gasteiger partial charge in [0.2, 0.25) is 0 Å². The predicted octanol–water partition coefficient (Wildman–Crippen LogP) is 4.02. The topological polar surface area (TPSA) is 92.0 Å². The number of hydrogen-bond acceptors (Lipinski definition) is 7. The van der Waals surface area contributed by atoms with Gasteiger partial charge in [0.25, 0.3) is 0 Å². The van der Waals surface area contributed by atoms with Crippen LogP contribution >= 0.6 is 24.8 Å². The molecule has 1 aliphatic rings. The van der Waals surface area contributed by atoms with Crippen LogP contribution in [0.5, 0.6) is 5.75 Å². The smallest absolute Gasteiger partial charge is 0.147 e. The van der Waals surface area contributed by atoms with Crippen molar-refractivity contribution in [2.24, 2.45) is 0 Å². The molecule has 1 saturated heterocycles. The lowest BCUT2D eigenvalue weighted by Crippen LogP contribution is -2.62. The molecule has 0 aliphatic carbocycles. The van der Waals surface area contributed by atoms with Gasteiger partial charge in [-0.3, -0.25) is 4.98 Å². The van der Waals surface area contributed by atoms with Crippen LogP contribution in [-0.2, 0) is 0 Å². The van der Waals surface area contributed by atoms with Crippen LogP contribution in [0.2, 0.25) is 0 Å². The lowest BCUT2D eigenvalue weighted by molar-refractivity contribution is 0.160. The van der Waals surface area contributed by atoms with Crippen molar-refractivity contribution >= 4 is 30.6 Å². The van der Waals surface area contributed by atoms with Crippen LogP contribution in [0.15, 0.2) is 43.0 Å². The summed E-state index contributed by atoms with van der Waals surface area (Å²) in [6.07, 6.45) is 8.73. The number of hydrogen-bond donors (Lipinski definition) is 2. The third-order valence-electron chi connectivity index (χ3n) is 5.62. The molecule has 2 N–H and O–H groups in total. The maximum Gasteiger partial charge on any atom is 0.147 e. The molecule has 1 aliphatic heterocycles. The molecule has 0 saturated carbocycles. The van der Waals surface area contributed by atoms with Gasteiger partial charge >= 0.3 is 0 Å². The molecule has 1 fully saturated rings. The number of piperidine rings is 1. The molecule has 4 rings (SSSR count). The summed E-state index contributed by atoms with van der Waals surface area (Å²) in [5.74, 6) is 0.941. The third kappa shape index (κ3) is 5.49. The summed E-state index contributed by atoms with van der Waals surface area (Å²) in [7, 11) is 2.08.